The third-order valence-corrected chi connectivity index (χ3v) is 6.42. The van der Waals surface area contributed by atoms with Crippen LogP contribution < -0.4 is 5.32 Å². The van der Waals surface area contributed by atoms with Crippen LogP contribution in [0, 0.1) is 6.92 Å². The maximum absolute atomic E-state index is 13.0. The van der Waals surface area contributed by atoms with Crippen LogP contribution in [0.2, 0.25) is 0 Å². The van der Waals surface area contributed by atoms with Gasteiger partial charge < -0.3 is 14.6 Å². The Morgan fingerprint density at radius 3 is 2.70 bits per heavy atom. The van der Waals surface area contributed by atoms with E-state index in [9.17, 15) is 13.2 Å². The Kier molecular flexibility index (Phi) is 4.24. The molecule has 23 heavy (non-hydrogen) atoms. The number of nitrogens with one attached hydrogen (secondary N) is 1. The quantitative estimate of drug-likeness (QED) is 0.879. The summed E-state index contributed by atoms with van der Waals surface area (Å²) < 4.78 is 30.8. The Labute approximate surface area is 136 Å². The number of aryl methyl sites for hydroxylation is 1. The fraction of sp³-hybridized carbons (Fsp3) is 0.667. The van der Waals surface area contributed by atoms with Crippen LogP contribution in [-0.4, -0.2) is 62.8 Å². The summed E-state index contributed by atoms with van der Waals surface area (Å²) in [6.07, 6.45) is 2.93. The summed E-state index contributed by atoms with van der Waals surface area (Å²) in [5.41, 5.74) is 0.351. The smallest absolute Gasteiger partial charge is 0.275 e. The van der Waals surface area contributed by atoms with Crippen LogP contribution in [0.4, 0.5) is 0 Å². The number of sulfonamides is 1. The summed E-state index contributed by atoms with van der Waals surface area (Å²) >= 11 is 0. The van der Waals surface area contributed by atoms with E-state index >= 15 is 0 Å². The van der Waals surface area contributed by atoms with Crippen LogP contribution in [-0.2, 0) is 10.0 Å². The molecule has 3 heterocycles. The van der Waals surface area contributed by atoms with E-state index in [2.05, 4.69) is 5.32 Å². The average Bonchev–Trinajstić information content (AvgIpc) is 2.97. The first-order valence-electron chi connectivity index (χ1n) is 7.88. The molecule has 3 rings (SSSR count). The molecular weight excluding hydrogens is 318 g/mol. The third-order valence-electron chi connectivity index (χ3n) is 4.75. The van der Waals surface area contributed by atoms with Crippen LogP contribution in [0.25, 0.3) is 0 Å². The van der Waals surface area contributed by atoms with Gasteiger partial charge in [0.1, 0.15) is 5.76 Å². The molecule has 0 spiro atoms. The molecule has 0 saturated carbocycles. The van der Waals surface area contributed by atoms with Gasteiger partial charge in [-0.2, -0.15) is 0 Å². The van der Waals surface area contributed by atoms with E-state index in [0.717, 1.165) is 36.7 Å². The van der Waals surface area contributed by atoms with Crippen LogP contribution in [0.5, 0.6) is 0 Å². The SMILES string of the molecule is Cc1oc(S(=O)(=O)N(C)C)cc1C(=O)N1C2CCNCC1CC2. The van der Waals surface area contributed by atoms with Gasteiger partial charge in [0, 0.05) is 38.8 Å². The van der Waals surface area contributed by atoms with Crippen molar-refractivity contribution in [3.05, 3.63) is 17.4 Å². The van der Waals surface area contributed by atoms with Gasteiger partial charge in [-0.1, -0.05) is 0 Å². The van der Waals surface area contributed by atoms with Crippen LogP contribution in [0.3, 0.4) is 0 Å². The van der Waals surface area contributed by atoms with Crippen molar-refractivity contribution < 1.29 is 17.6 Å². The molecule has 2 fully saturated rings. The van der Waals surface area contributed by atoms with E-state index in [1.54, 1.807) is 6.92 Å². The summed E-state index contributed by atoms with van der Waals surface area (Å²) in [6.45, 7) is 3.34. The zero-order chi connectivity index (χ0) is 16.8. The van der Waals surface area contributed by atoms with Crippen molar-refractivity contribution in [2.24, 2.45) is 0 Å². The molecule has 0 aliphatic carbocycles. The Morgan fingerprint density at radius 2 is 2.00 bits per heavy atom. The van der Waals surface area contributed by atoms with E-state index in [1.807, 2.05) is 4.90 Å². The second-order valence-corrected chi connectivity index (χ2v) is 8.50. The number of fused-ring (bicyclic) bond motifs is 2. The minimum absolute atomic E-state index is 0.123. The van der Waals surface area contributed by atoms with Gasteiger partial charge in [0.05, 0.1) is 5.56 Å². The number of carbonyl (C=O) groups excluding carboxylic acids is 1. The molecule has 2 aliphatic heterocycles. The standard InChI is InChI=1S/C15H23N3O4S/c1-10-13(8-14(22-10)23(20,21)17(2)3)15(19)18-11-4-5-12(18)9-16-7-6-11/h8,11-12,16H,4-7,9H2,1-3H3. The molecule has 1 amide bonds. The van der Waals surface area contributed by atoms with Crippen molar-refractivity contribution in [3.63, 3.8) is 0 Å². The van der Waals surface area contributed by atoms with E-state index in [-0.39, 0.29) is 23.1 Å². The lowest BCUT2D eigenvalue weighted by Gasteiger charge is -2.27. The molecule has 1 aromatic heterocycles. The largest absolute Gasteiger partial charge is 0.448 e. The van der Waals surface area contributed by atoms with Crippen molar-refractivity contribution in [2.45, 2.75) is 43.4 Å². The predicted molar refractivity (Wildman–Crippen MR) is 84.8 cm³/mol. The number of carbonyl (C=O) groups is 1. The lowest BCUT2D eigenvalue weighted by molar-refractivity contribution is 0.0678. The van der Waals surface area contributed by atoms with Gasteiger partial charge in [-0.3, -0.25) is 4.79 Å². The van der Waals surface area contributed by atoms with Crippen molar-refractivity contribution in [2.75, 3.05) is 27.2 Å². The topological polar surface area (TPSA) is 82.9 Å². The second-order valence-electron chi connectivity index (χ2n) is 6.41. The average molecular weight is 341 g/mol. The van der Waals surface area contributed by atoms with Crippen LogP contribution in [0.1, 0.15) is 35.4 Å². The van der Waals surface area contributed by atoms with E-state index in [0.29, 0.717) is 11.3 Å². The molecule has 0 radical (unpaired) electrons. The fourth-order valence-corrected chi connectivity index (χ4v) is 4.28. The highest BCUT2D eigenvalue weighted by molar-refractivity contribution is 7.88. The number of rotatable bonds is 3. The van der Waals surface area contributed by atoms with E-state index in [1.165, 1.54) is 20.2 Å². The maximum Gasteiger partial charge on any atom is 0.275 e. The first-order chi connectivity index (χ1) is 10.8. The first-order valence-corrected chi connectivity index (χ1v) is 9.32. The normalized spacial score (nSPS) is 25.0. The van der Waals surface area contributed by atoms with Crippen molar-refractivity contribution in [3.8, 4) is 0 Å². The molecule has 128 valence electrons. The molecule has 2 aliphatic rings. The number of nitrogens with zero attached hydrogens (tertiary/aromatic N) is 2. The molecule has 1 aromatic rings. The predicted octanol–water partition coefficient (Wildman–Crippen LogP) is 0.805. The van der Waals surface area contributed by atoms with Gasteiger partial charge in [0.2, 0.25) is 5.09 Å². The monoisotopic (exact) mass is 341 g/mol. The lowest BCUT2D eigenvalue weighted by atomic mass is 10.1. The van der Waals surface area contributed by atoms with Crippen molar-refractivity contribution in [1.29, 1.82) is 0 Å². The number of furan rings is 1. The van der Waals surface area contributed by atoms with Crippen LogP contribution in [0.15, 0.2) is 15.6 Å². The van der Waals surface area contributed by atoms with E-state index in [4.69, 9.17) is 4.42 Å². The molecular formula is C15H23N3O4S. The first kappa shape index (κ1) is 16.5. The van der Waals surface area contributed by atoms with Gasteiger partial charge in [0.25, 0.3) is 15.9 Å². The molecule has 0 aromatic carbocycles. The van der Waals surface area contributed by atoms with E-state index < -0.39 is 10.0 Å². The minimum Gasteiger partial charge on any atom is -0.448 e. The molecule has 2 saturated heterocycles. The molecule has 7 nitrogen and oxygen atoms in total. The number of hydrogen-bond donors (Lipinski definition) is 1. The Hall–Kier alpha value is -1.38. The molecule has 2 atom stereocenters. The third kappa shape index (κ3) is 2.79. The Balaban J connectivity index is 1.93. The summed E-state index contributed by atoms with van der Waals surface area (Å²) in [6, 6.07) is 1.77. The molecule has 1 N–H and O–H groups in total. The zero-order valence-corrected chi connectivity index (χ0v) is 14.5. The lowest BCUT2D eigenvalue weighted by Crippen LogP contribution is -2.42. The van der Waals surface area contributed by atoms with Gasteiger partial charge in [-0.25, -0.2) is 12.7 Å². The summed E-state index contributed by atoms with van der Waals surface area (Å²) in [4.78, 5) is 14.9. The zero-order valence-electron chi connectivity index (χ0n) is 13.7. The van der Waals surface area contributed by atoms with Crippen LogP contribution >= 0.6 is 0 Å². The van der Waals surface area contributed by atoms with Gasteiger partial charge in [-0.15, -0.1) is 0 Å². The van der Waals surface area contributed by atoms with Gasteiger partial charge in [0.15, 0.2) is 0 Å². The summed E-state index contributed by atoms with van der Waals surface area (Å²) in [5, 5.41) is 3.18. The second kappa shape index (κ2) is 5.92. The highest BCUT2D eigenvalue weighted by Crippen LogP contribution is 2.31. The summed E-state index contributed by atoms with van der Waals surface area (Å²) in [5.74, 6) is 0.231. The molecule has 8 heteroatoms. The Bertz CT molecular complexity index is 696. The molecule has 2 bridgehead atoms. The Morgan fingerprint density at radius 1 is 1.30 bits per heavy atom. The number of amides is 1. The van der Waals surface area contributed by atoms with Crippen molar-refractivity contribution >= 4 is 15.9 Å². The fourth-order valence-electron chi connectivity index (χ4n) is 3.43. The van der Waals surface area contributed by atoms with Gasteiger partial charge in [-0.05, 0) is 32.7 Å². The highest BCUT2D eigenvalue weighted by Gasteiger charge is 2.39. The number of hydrogen-bond acceptors (Lipinski definition) is 5. The molecule has 2 unspecified atom stereocenters. The summed E-state index contributed by atoms with van der Waals surface area (Å²) in [7, 11) is -0.798. The maximum atomic E-state index is 13.0. The van der Waals surface area contributed by atoms with Crippen molar-refractivity contribution in [1.82, 2.24) is 14.5 Å². The highest BCUT2D eigenvalue weighted by atomic mass is 32.2. The minimum atomic E-state index is -3.68. The van der Waals surface area contributed by atoms with Gasteiger partial charge >= 0.3 is 0 Å².